The molecule has 1 rings (SSSR count). The van der Waals surface area contributed by atoms with Crippen molar-refractivity contribution in [3.63, 3.8) is 0 Å². The Balaban J connectivity index is 2.87. The maximum atomic E-state index is 12.4. The first-order valence-electron chi connectivity index (χ1n) is 6.57. The summed E-state index contributed by atoms with van der Waals surface area (Å²) in [5.41, 5.74) is 1.51. The van der Waals surface area contributed by atoms with Crippen LogP contribution in [0.2, 0.25) is 0 Å². The molecule has 5 nitrogen and oxygen atoms in total. The smallest absolute Gasteiger partial charge is 0.160 e. The van der Waals surface area contributed by atoms with Crippen molar-refractivity contribution in [3.05, 3.63) is 29.6 Å². The van der Waals surface area contributed by atoms with Gasteiger partial charge >= 0.3 is 0 Å². The van der Waals surface area contributed by atoms with Crippen LogP contribution in [0.4, 0.5) is 0 Å². The molecule has 0 spiro atoms. The highest BCUT2D eigenvalue weighted by Gasteiger charge is 2.29. The number of carbonyl (C=O) groups is 1. The molecule has 1 aromatic heterocycles. The maximum absolute atomic E-state index is 12.4. The van der Waals surface area contributed by atoms with Crippen LogP contribution in [-0.2, 0) is 11.2 Å². The molecule has 0 aromatic carbocycles. The standard InChI is InChI=1S/C15H22N4O/c1-11-5-6-12(8-18-11)7-13(19-10-17-9-16)14(20)15(2,3)4/h5-6,8-10,13H,7H2,1-4H3,(H2,16,17,19). The highest BCUT2D eigenvalue weighted by Crippen LogP contribution is 2.18. The lowest BCUT2D eigenvalue weighted by molar-refractivity contribution is -0.128. The molecule has 1 aromatic rings. The van der Waals surface area contributed by atoms with Crippen molar-refractivity contribution < 1.29 is 4.79 Å². The van der Waals surface area contributed by atoms with Crippen LogP contribution < -0.4 is 5.32 Å². The summed E-state index contributed by atoms with van der Waals surface area (Å²) in [5, 5.41) is 9.83. The van der Waals surface area contributed by atoms with E-state index < -0.39 is 5.41 Å². The molecule has 5 heteroatoms. The Morgan fingerprint density at radius 3 is 2.70 bits per heavy atom. The predicted molar refractivity (Wildman–Crippen MR) is 81.3 cm³/mol. The van der Waals surface area contributed by atoms with Gasteiger partial charge in [0.05, 0.1) is 12.4 Å². The van der Waals surface area contributed by atoms with E-state index in [1.54, 1.807) is 6.20 Å². The van der Waals surface area contributed by atoms with Crippen molar-refractivity contribution in [1.29, 1.82) is 5.41 Å². The minimum atomic E-state index is -0.436. The third kappa shape index (κ3) is 4.91. The zero-order valence-electron chi connectivity index (χ0n) is 12.5. The van der Waals surface area contributed by atoms with Gasteiger partial charge < -0.3 is 5.32 Å². The van der Waals surface area contributed by atoms with Gasteiger partial charge in [-0.1, -0.05) is 26.8 Å². The lowest BCUT2D eigenvalue weighted by atomic mass is 9.84. The SMILES string of the molecule is Cc1ccc(CC(N/C=N\C=N)C(=O)C(C)(C)C)cn1. The minimum absolute atomic E-state index is 0.106. The zero-order valence-corrected chi connectivity index (χ0v) is 12.5. The number of carbonyl (C=O) groups excluding carboxylic acids is 1. The summed E-state index contributed by atoms with van der Waals surface area (Å²) in [7, 11) is 0. The molecule has 0 aliphatic carbocycles. The number of hydrogen-bond donors (Lipinski definition) is 2. The number of rotatable bonds is 6. The molecule has 0 fully saturated rings. The highest BCUT2D eigenvalue weighted by molar-refractivity contribution is 5.91. The van der Waals surface area contributed by atoms with Gasteiger partial charge in [0.15, 0.2) is 5.78 Å². The Kier molecular flexibility index (Phi) is 5.55. The Morgan fingerprint density at radius 2 is 2.20 bits per heavy atom. The third-order valence-electron chi connectivity index (χ3n) is 2.89. The van der Waals surface area contributed by atoms with Crippen LogP contribution in [0.5, 0.6) is 0 Å². The van der Waals surface area contributed by atoms with Crippen LogP contribution in [0.3, 0.4) is 0 Å². The molecule has 0 bridgehead atoms. The van der Waals surface area contributed by atoms with Gasteiger partial charge in [-0.25, -0.2) is 4.99 Å². The average Bonchev–Trinajstić information content (AvgIpc) is 2.38. The lowest BCUT2D eigenvalue weighted by Crippen LogP contribution is -2.43. The molecule has 2 N–H and O–H groups in total. The number of aliphatic imine (C=N–C) groups is 1. The Bertz CT molecular complexity index is 486. The molecular weight excluding hydrogens is 252 g/mol. The molecular formula is C15H22N4O. The fourth-order valence-electron chi connectivity index (χ4n) is 1.78. The van der Waals surface area contributed by atoms with Gasteiger partial charge in [-0.2, -0.15) is 0 Å². The van der Waals surface area contributed by atoms with Crippen LogP contribution in [-0.4, -0.2) is 29.5 Å². The van der Waals surface area contributed by atoms with Gasteiger partial charge in [0.1, 0.15) is 6.34 Å². The second-order valence-corrected chi connectivity index (χ2v) is 5.75. The summed E-state index contributed by atoms with van der Waals surface area (Å²) in [6, 6.07) is 3.53. The summed E-state index contributed by atoms with van der Waals surface area (Å²) < 4.78 is 0. The fraction of sp³-hybridized carbons (Fsp3) is 0.467. The minimum Gasteiger partial charge on any atom is -0.366 e. The monoisotopic (exact) mass is 274 g/mol. The summed E-state index contributed by atoms with van der Waals surface area (Å²) in [5.74, 6) is 0.106. The van der Waals surface area contributed by atoms with E-state index in [4.69, 9.17) is 5.41 Å². The summed E-state index contributed by atoms with van der Waals surface area (Å²) >= 11 is 0. The van der Waals surface area contributed by atoms with E-state index in [9.17, 15) is 4.79 Å². The molecule has 0 radical (unpaired) electrons. The third-order valence-corrected chi connectivity index (χ3v) is 2.89. The molecule has 0 amide bonds. The lowest BCUT2D eigenvalue weighted by Gasteiger charge is -2.24. The van der Waals surface area contributed by atoms with Gasteiger partial charge in [0.25, 0.3) is 0 Å². The molecule has 1 atom stereocenters. The van der Waals surface area contributed by atoms with Crippen LogP contribution in [0, 0.1) is 17.7 Å². The van der Waals surface area contributed by atoms with Crippen molar-refractivity contribution in [2.45, 2.75) is 40.2 Å². The topological polar surface area (TPSA) is 78.2 Å². The number of nitrogens with one attached hydrogen (secondary N) is 2. The number of ketones is 1. The van der Waals surface area contributed by atoms with E-state index in [0.717, 1.165) is 17.6 Å². The zero-order chi connectivity index (χ0) is 15.2. The maximum Gasteiger partial charge on any atom is 0.160 e. The molecule has 0 aliphatic rings. The Morgan fingerprint density at radius 1 is 1.50 bits per heavy atom. The van der Waals surface area contributed by atoms with Gasteiger partial charge in [0, 0.05) is 23.7 Å². The van der Waals surface area contributed by atoms with Crippen molar-refractivity contribution in [1.82, 2.24) is 10.3 Å². The van der Waals surface area contributed by atoms with E-state index in [2.05, 4.69) is 15.3 Å². The number of aromatic nitrogens is 1. The Hall–Kier alpha value is -2.04. The van der Waals surface area contributed by atoms with Crippen molar-refractivity contribution >= 4 is 18.5 Å². The molecule has 1 unspecified atom stereocenters. The van der Waals surface area contributed by atoms with Crippen LogP contribution >= 0.6 is 0 Å². The van der Waals surface area contributed by atoms with E-state index in [-0.39, 0.29) is 11.8 Å². The predicted octanol–water partition coefficient (Wildman–Crippen LogP) is 2.14. The van der Waals surface area contributed by atoms with Crippen molar-refractivity contribution in [2.24, 2.45) is 10.4 Å². The van der Waals surface area contributed by atoms with E-state index in [1.165, 1.54) is 6.34 Å². The molecule has 0 saturated carbocycles. The average molecular weight is 274 g/mol. The van der Waals surface area contributed by atoms with Crippen molar-refractivity contribution in [2.75, 3.05) is 0 Å². The van der Waals surface area contributed by atoms with Crippen molar-refractivity contribution in [3.8, 4) is 0 Å². The van der Waals surface area contributed by atoms with Gasteiger partial charge in [-0.3, -0.25) is 15.2 Å². The van der Waals surface area contributed by atoms with Crippen LogP contribution in [0.15, 0.2) is 23.3 Å². The summed E-state index contributed by atoms with van der Waals surface area (Å²) in [6.07, 6.45) is 4.66. The second-order valence-electron chi connectivity index (χ2n) is 5.75. The molecule has 1 heterocycles. The van der Waals surface area contributed by atoms with E-state index in [0.29, 0.717) is 6.42 Å². The first-order chi connectivity index (χ1) is 9.34. The van der Waals surface area contributed by atoms with Crippen LogP contribution in [0.1, 0.15) is 32.0 Å². The number of Topliss-reactive ketones (excluding diaryl/α,β-unsaturated/α-hetero) is 1. The number of nitrogens with zero attached hydrogens (tertiary/aromatic N) is 2. The molecule has 0 aliphatic heterocycles. The fourth-order valence-corrected chi connectivity index (χ4v) is 1.78. The van der Waals surface area contributed by atoms with Gasteiger partial charge in [-0.05, 0) is 18.6 Å². The van der Waals surface area contributed by atoms with E-state index in [1.807, 2.05) is 39.8 Å². The Labute approximate surface area is 120 Å². The summed E-state index contributed by atoms with van der Waals surface area (Å²) in [4.78, 5) is 20.3. The largest absolute Gasteiger partial charge is 0.366 e. The number of pyridine rings is 1. The molecule has 108 valence electrons. The normalized spacial score (nSPS) is 13.2. The quantitative estimate of drug-likeness (QED) is 0.616. The van der Waals surface area contributed by atoms with Gasteiger partial charge in [0.2, 0.25) is 0 Å². The number of aryl methyl sites for hydroxylation is 1. The molecule has 20 heavy (non-hydrogen) atoms. The highest BCUT2D eigenvalue weighted by atomic mass is 16.1. The molecule has 0 saturated heterocycles. The number of hydrogen-bond acceptors (Lipinski definition) is 3. The second kappa shape index (κ2) is 6.93. The van der Waals surface area contributed by atoms with Gasteiger partial charge in [-0.15, -0.1) is 0 Å². The summed E-state index contributed by atoms with van der Waals surface area (Å²) in [6.45, 7) is 7.61. The van der Waals surface area contributed by atoms with E-state index >= 15 is 0 Å². The first kappa shape index (κ1) is 16.0. The first-order valence-corrected chi connectivity index (χ1v) is 6.57. The van der Waals surface area contributed by atoms with Crippen LogP contribution in [0.25, 0.3) is 0 Å².